The summed E-state index contributed by atoms with van der Waals surface area (Å²) in [5.74, 6) is 0.363. The SMILES string of the molecule is COc1cccc(C)c1C(=O)N[C@@H]1CCNC[C@H]1O. The quantitative estimate of drug-likeness (QED) is 0.741. The van der Waals surface area contributed by atoms with Gasteiger partial charge in [0.1, 0.15) is 5.75 Å². The number of amides is 1. The van der Waals surface area contributed by atoms with Crippen LogP contribution in [-0.4, -0.2) is 43.4 Å². The van der Waals surface area contributed by atoms with Gasteiger partial charge in [0.2, 0.25) is 0 Å². The number of rotatable bonds is 3. The Kier molecular flexibility index (Phi) is 4.39. The molecule has 1 aliphatic rings. The molecule has 1 aliphatic heterocycles. The van der Waals surface area contributed by atoms with Crippen LogP contribution in [0.25, 0.3) is 0 Å². The summed E-state index contributed by atoms with van der Waals surface area (Å²) >= 11 is 0. The first-order valence-electron chi connectivity index (χ1n) is 6.46. The van der Waals surface area contributed by atoms with Crippen LogP contribution in [0.15, 0.2) is 18.2 Å². The van der Waals surface area contributed by atoms with Crippen molar-refractivity contribution in [2.24, 2.45) is 0 Å². The third kappa shape index (κ3) is 3.05. The van der Waals surface area contributed by atoms with Gasteiger partial charge in [0.15, 0.2) is 0 Å². The van der Waals surface area contributed by atoms with Gasteiger partial charge in [-0.15, -0.1) is 0 Å². The minimum atomic E-state index is -0.548. The van der Waals surface area contributed by atoms with E-state index in [2.05, 4.69) is 10.6 Å². The number of aliphatic hydroxyl groups excluding tert-OH is 1. The van der Waals surface area contributed by atoms with Crippen molar-refractivity contribution in [1.82, 2.24) is 10.6 Å². The van der Waals surface area contributed by atoms with E-state index in [9.17, 15) is 9.90 Å². The van der Waals surface area contributed by atoms with Crippen molar-refractivity contribution >= 4 is 5.91 Å². The Morgan fingerprint density at radius 3 is 3.00 bits per heavy atom. The van der Waals surface area contributed by atoms with Crippen LogP contribution < -0.4 is 15.4 Å². The van der Waals surface area contributed by atoms with E-state index in [0.29, 0.717) is 17.9 Å². The minimum absolute atomic E-state index is 0.194. The van der Waals surface area contributed by atoms with Crippen molar-refractivity contribution in [3.05, 3.63) is 29.3 Å². The Labute approximate surface area is 113 Å². The summed E-state index contributed by atoms with van der Waals surface area (Å²) in [4.78, 5) is 12.3. The Morgan fingerprint density at radius 1 is 1.53 bits per heavy atom. The lowest BCUT2D eigenvalue weighted by Crippen LogP contribution is -2.52. The first-order chi connectivity index (χ1) is 9.13. The van der Waals surface area contributed by atoms with E-state index in [1.807, 2.05) is 19.1 Å². The van der Waals surface area contributed by atoms with Gasteiger partial charge in [-0.1, -0.05) is 12.1 Å². The third-order valence-electron chi connectivity index (χ3n) is 3.45. The topological polar surface area (TPSA) is 70.6 Å². The lowest BCUT2D eigenvalue weighted by atomic mass is 10.0. The molecule has 104 valence electrons. The number of hydrogen-bond donors (Lipinski definition) is 3. The summed E-state index contributed by atoms with van der Waals surface area (Å²) in [5.41, 5.74) is 1.40. The Hall–Kier alpha value is -1.59. The van der Waals surface area contributed by atoms with Gasteiger partial charge in [0.05, 0.1) is 24.8 Å². The zero-order valence-corrected chi connectivity index (χ0v) is 11.3. The molecule has 1 amide bonds. The third-order valence-corrected chi connectivity index (χ3v) is 3.45. The van der Waals surface area contributed by atoms with Gasteiger partial charge in [-0.05, 0) is 31.5 Å². The largest absolute Gasteiger partial charge is 0.496 e. The van der Waals surface area contributed by atoms with E-state index < -0.39 is 6.10 Å². The van der Waals surface area contributed by atoms with Gasteiger partial charge in [0.25, 0.3) is 5.91 Å². The first-order valence-corrected chi connectivity index (χ1v) is 6.46. The summed E-state index contributed by atoms with van der Waals surface area (Å²) in [5, 5.41) is 15.8. The maximum absolute atomic E-state index is 12.3. The maximum atomic E-state index is 12.3. The number of aryl methyl sites for hydroxylation is 1. The Bertz CT molecular complexity index is 462. The number of carbonyl (C=O) groups excluding carboxylic acids is 1. The molecule has 19 heavy (non-hydrogen) atoms. The van der Waals surface area contributed by atoms with Gasteiger partial charge in [0, 0.05) is 6.54 Å². The predicted molar refractivity (Wildman–Crippen MR) is 72.5 cm³/mol. The molecule has 3 N–H and O–H groups in total. The Morgan fingerprint density at radius 2 is 2.32 bits per heavy atom. The zero-order chi connectivity index (χ0) is 13.8. The summed E-state index contributed by atoms with van der Waals surface area (Å²) < 4.78 is 5.23. The second-order valence-electron chi connectivity index (χ2n) is 4.79. The molecular weight excluding hydrogens is 244 g/mol. The lowest BCUT2D eigenvalue weighted by Gasteiger charge is -2.29. The molecule has 1 aromatic carbocycles. The van der Waals surface area contributed by atoms with Crippen LogP contribution in [0.1, 0.15) is 22.3 Å². The smallest absolute Gasteiger partial charge is 0.255 e. The molecule has 5 nitrogen and oxygen atoms in total. The number of piperidine rings is 1. The second kappa shape index (κ2) is 6.04. The van der Waals surface area contributed by atoms with Crippen molar-refractivity contribution in [2.45, 2.75) is 25.5 Å². The van der Waals surface area contributed by atoms with E-state index in [1.54, 1.807) is 13.2 Å². The summed E-state index contributed by atoms with van der Waals surface area (Å²) in [6.07, 6.45) is 0.175. The number of hydrogen-bond acceptors (Lipinski definition) is 4. The van der Waals surface area contributed by atoms with Crippen LogP contribution in [0.4, 0.5) is 0 Å². The van der Waals surface area contributed by atoms with E-state index >= 15 is 0 Å². The van der Waals surface area contributed by atoms with E-state index in [0.717, 1.165) is 18.5 Å². The molecule has 1 aromatic rings. The molecular formula is C14H20N2O3. The van der Waals surface area contributed by atoms with Crippen LogP contribution in [0, 0.1) is 6.92 Å². The standard InChI is InChI=1S/C14H20N2O3/c1-9-4-3-5-12(19-2)13(9)14(18)16-10-6-7-15-8-11(10)17/h3-5,10-11,15,17H,6-8H2,1-2H3,(H,16,18)/t10-,11-/m1/s1. The zero-order valence-electron chi connectivity index (χ0n) is 11.3. The number of β-amino-alcohol motifs (C(OH)–C–C–N with tert-alkyl or cyclic N) is 1. The summed E-state index contributed by atoms with van der Waals surface area (Å²) in [6, 6.07) is 5.28. The van der Waals surface area contributed by atoms with Gasteiger partial charge >= 0.3 is 0 Å². The van der Waals surface area contributed by atoms with Crippen molar-refractivity contribution in [1.29, 1.82) is 0 Å². The first kappa shape index (κ1) is 13.8. The van der Waals surface area contributed by atoms with E-state index in [1.165, 1.54) is 0 Å². The monoisotopic (exact) mass is 264 g/mol. The molecule has 0 bridgehead atoms. The number of benzene rings is 1. The maximum Gasteiger partial charge on any atom is 0.255 e. The van der Waals surface area contributed by atoms with Crippen LogP contribution in [0.5, 0.6) is 5.75 Å². The van der Waals surface area contributed by atoms with E-state index in [4.69, 9.17) is 4.74 Å². The van der Waals surface area contributed by atoms with Gasteiger partial charge in [-0.3, -0.25) is 4.79 Å². The van der Waals surface area contributed by atoms with Crippen molar-refractivity contribution in [2.75, 3.05) is 20.2 Å². The predicted octanol–water partition coefficient (Wildman–Crippen LogP) is 0.456. The average Bonchev–Trinajstić information content (AvgIpc) is 2.40. The highest BCUT2D eigenvalue weighted by Crippen LogP contribution is 2.22. The molecule has 2 rings (SSSR count). The fourth-order valence-electron chi connectivity index (χ4n) is 2.35. The van der Waals surface area contributed by atoms with Gasteiger partial charge < -0.3 is 20.5 Å². The van der Waals surface area contributed by atoms with Crippen molar-refractivity contribution in [3.8, 4) is 5.75 Å². The number of ether oxygens (including phenoxy) is 1. The Balaban J connectivity index is 2.15. The molecule has 0 aliphatic carbocycles. The fourth-order valence-corrected chi connectivity index (χ4v) is 2.35. The number of aliphatic hydroxyl groups is 1. The highest BCUT2D eigenvalue weighted by molar-refractivity contribution is 5.98. The lowest BCUT2D eigenvalue weighted by molar-refractivity contribution is 0.0762. The highest BCUT2D eigenvalue weighted by atomic mass is 16.5. The fraction of sp³-hybridized carbons (Fsp3) is 0.500. The minimum Gasteiger partial charge on any atom is -0.496 e. The molecule has 2 atom stereocenters. The second-order valence-corrected chi connectivity index (χ2v) is 4.79. The number of nitrogens with one attached hydrogen (secondary N) is 2. The van der Waals surface area contributed by atoms with Gasteiger partial charge in [-0.2, -0.15) is 0 Å². The highest BCUT2D eigenvalue weighted by Gasteiger charge is 2.26. The molecule has 0 aromatic heterocycles. The van der Waals surface area contributed by atoms with Crippen LogP contribution >= 0.6 is 0 Å². The van der Waals surface area contributed by atoms with Crippen LogP contribution in [0.2, 0.25) is 0 Å². The van der Waals surface area contributed by atoms with Crippen molar-refractivity contribution < 1.29 is 14.6 Å². The molecule has 0 radical (unpaired) electrons. The molecule has 1 saturated heterocycles. The molecule has 0 spiro atoms. The van der Waals surface area contributed by atoms with Gasteiger partial charge in [-0.25, -0.2) is 0 Å². The number of methoxy groups -OCH3 is 1. The molecule has 0 saturated carbocycles. The normalized spacial score (nSPS) is 22.9. The van der Waals surface area contributed by atoms with E-state index in [-0.39, 0.29) is 11.9 Å². The average molecular weight is 264 g/mol. The van der Waals surface area contributed by atoms with Crippen LogP contribution in [-0.2, 0) is 0 Å². The molecule has 0 unspecified atom stereocenters. The molecule has 5 heteroatoms. The molecule has 1 heterocycles. The summed E-state index contributed by atoms with van der Waals surface area (Å²) in [6.45, 7) is 3.18. The van der Waals surface area contributed by atoms with Crippen LogP contribution in [0.3, 0.4) is 0 Å². The summed E-state index contributed by atoms with van der Waals surface area (Å²) in [7, 11) is 1.55. The number of carbonyl (C=O) groups is 1. The van der Waals surface area contributed by atoms with Crippen molar-refractivity contribution in [3.63, 3.8) is 0 Å². The molecule has 1 fully saturated rings.